The quantitative estimate of drug-likeness (QED) is 0.542. The number of fused-ring (bicyclic) bond motifs is 1. The Morgan fingerprint density at radius 1 is 0.947 bits per heavy atom. The van der Waals surface area contributed by atoms with Gasteiger partial charge in [0.2, 0.25) is 0 Å². The van der Waals surface area contributed by atoms with Crippen LogP contribution in [-0.4, -0.2) is 9.97 Å². The molecule has 0 saturated carbocycles. The summed E-state index contributed by atoms with van der Waals surface area (Å²) in [4.78, 5) is 9.05. The second kappa shape index (κ2) is 4.66. The predicted octanol–water partition coefficient (Wildman–Crippen LogP) is 2.89. The molecule has 0 spiro atoms. The van der Waals surface area contributed by atoms with Crippen LogP contribution < -0.4 is 11.3 Å². The van der Waals surface area contributed by atoms with Crippen LogP contribution in [0.25, 0.3) is 22.3 Å². The number of benzene rings is 2. The van der Waals surface area contributed by atoms with Gasteiger partial charge in [-0.3, -0.25) is 0 Å². The Morgan fingerprint density at radius 3 is 2.42 bits per heavy atom. The van der Waals surface area contributed by atoms with Gasteiger partial charge in [-0.25, -0.2) is 15.8 Å². The van der Waals surface area contributed by atoms with Gasteiger partial charge in [-0.05, 0) is 19.1 Å². The fourth-order valence-corrected chi connectivity index (χ4v) is 2.02. The second-order valence-corrected chi connectivity index (χ2v) is 4.42. The van der Waals surface area contributed by atoms with Crippen molar-refractivity contribution in [1.82, 2.24) is 9.97 Å². The molecule has 94 valence electrons. The summed E-state index contributed by atoms with van der Waals surface area (Å²) < 4.78 is 0. The Labute approximate surface area is 111 Å². The Balaban J connectivity index is 2.22. The van der Waals surface area contributed by atoms with E-state index in [-0.39, 0.29) is 0 Å². The molecular formula is C15H14N4. The molecule has 0 fully saturated rings. The van der Waals surface area contributed by atoms with Gasteiger partial charge in [-0.15, -0.1) is 0 Å². The molecule has 0 radical (unpaired) electrons. The molecule has 0 amide bonds. The molecule has 3 N–H and O–H groups in total. The molecule has 0 aliphatic carbocycles. The molecule has 4 heteroatoms. The first-order valence-corrected chi connectivity index (χ1v) is 6.08. The van der Waals surface area contributed by atoms with Crippen molar-refractivity contribution < 1.29 is 0 Å². The van der Waals surface area contributed by atoms with Gasteiger partial charge in [0.15, 0.2) is 11.6 Å². The Kier molecular flexibility index (Phi) is 2.85. The summed E-state index contributed by atoms with van der Waals surface area (Å²) in [7, 11) is 0. The van der Waals surface area contributed by atoms with Crippen LogP contribution in [0.15, 0.2) is 48.5 Å². The van der Waals surface area contributed by atoms with Crippen LogP contribution in [0.2, 0.25) is 0 Å². The van der Waals surface area contributed by atoms with Crippen LogP contribution in [0.3, 0.4) is 0 Å². The van der Waals surface area contributed by atoms with Crippen LogP contribution in [-0.2, 0) is 0 Å². The van der Waals surface area contributed by atoms with E-state index in [0.717, 1.165) is 16.5 Å². The van der Waals surface area contributed by atoms with Gasteiger partial charge in [-0.2, -0.15) is 0 Å². The molecule has 0 aliphatic rings. The van der Waals surface area contributed by atoms with Gasteiger partial charge >= 0.3 is 0 Å². The van der Waals surface area contributed by atoms with E-state index in [0.29, 0.717) is 11.6 Å². The van der Waals surface area contributed by atoms with Crippen molar-refractivity contribution in [3.63, 3.8) is 0 Å². The lowest BCUT2D eigenvalue weighted by Gasteiger charge is -2.08. The molecule has 0 saturated heterocycles. The number of nitrogen functional groups attached to an aromatic ring is 1. The summed E-state index contributed by atoms with van der Waals surface area (Å²) in [5.41, 5.74) is 5.71. The summed E-state index contributed by atoms with van der Waals surface area (Å²) in [5, 5.41) is 0.917. The molecule has 3 rings (SSSR count). The first kappa shape index (κ1) is 11.6. The zero-order chi connectivity index (χ0) is 13.2. The molecule has 3 aromatic rings. The summed E-state index contributed by atoms with van der Waals surface area (Å²) in [5.74, 6) is 6.86. The fourth-order valence-electron chi connectivity index (χ4n) is 2.02. The van der Waals surface area contributed by atoms with Crippen molar-refractivity contribution in [2.45, 2.75) is 6.92 Å². The van der Waals surface area contributed by atoms with Gasteiger partial charge in [-0.1, -0.05) is 42.0 Å². The second-order valence-electron chi connectivity index (χ2n) is 4.42. The summed E-state index contributed by atoms with van der Waals surface area (Å²) in [6.45, 7) is 2.05. The topological polar surface area (TPSA) is 63.8 Å². The molecule has 0 atom stereocenters. The number of nitrogens with two attached hydrogens (primary N) is 1. The van der Waals surface area contributed by atoms with Crippen LogP contribution in [0, 0.1) is 6.92 Å². The molecule has 4 nitrogen and oxygen atoms in total. The van der Waals surface area contributed by atoms with Gasteiger partial charge in [0.1, 0.15) is 0 Å². The minimum absolute atomic E-state index is 0.640. The van der Waals surface area contributed by atoms with Crippen molar-refractivity contribution in [1.29, 1.82) is 0 Å². The van der Waals surface area contributed by atoms with Crippen molar-refractivity contribution in [3.8, 4) is 11.4 Å². The lowest BCUT2D eigenvalue weighted by molar-refractivity contribution is 1.19. The van der Waals surface area contributed by atoms with Gasteiger partial charge in [0, 0.05) is 10.9 Å². The van der Waals surface area contributed by atoms with E-state index in [1.807, 2.05) is 48.5 Å². The molecular weight excluding hydrogens is 236 g/mol. The number of hydrazine groups is 1. The maximum atomic E-state index is 5.55. The minimum Gasteiger partial charge on any atom is -0.308 e. The Bertz CT molecular complexity index is 720. The van der Waals surface area contributed by atoms with Crippen molar-refractivity contribution >= 4 is 16.7 Å². The van der Waals surface area contributed by atoms with Crippen molar-refractivity contribution in [2.75, 3.05) is 5.43 Å². The summed E-state index contributed by atoms with van der Waals surface area (Å²) in [6, 6.07) is 15.9. The number of hydrogen-bond donors (Lipinski definition) is 2. The number of anilines is 1. The van der Waals surface area contributed by atoms with Crippen molar-refractivity contribution in [3.05, 3.63) is 54.1 Å². The zero-order valence-electron chi connectivity index (χ0n) is 10.6. The average Bonchev–Trinajstić information content (AvgIpc) is 2.47. The van der Waals surface area contributed by atoms with E-state index in [2.05, 4.69) is 22.3 Å². The highest BCUT2D eigenvalue weighted by Gasteiger charge is 2.07. The third-order valence-corrected chi connectivity index (χ3v) is 3.05. The Hall–Kier alpha value is -2.46. The first-order valence-electron chi connectivity index (χ1n) is 6.08. The summed E-state index contributed by atoms with van der Waals surface area (Å²) in [6.07, 6.45) is 0. The van der Waals surface area contributed by atoms with E-state index in [4.69, 9.17) is 5.84 Å². The molecule has 0 unspecified atom stereocenters. The lowest BCUT2D eigenvalue weighted by Crippen LogP contribution is -2.10. The maximum absolute atomic E-state index is 5.55. The first-order chi connectivity index (χ1) is 9.28. The monoisotopic (exact) mass is 250 g/mol. The highest BCUT2D eigenvalue weighted by Crippen LogP contribution is 2.24. The zero-order valence-corrected chi connectivity index (χ0v) is 10.6. The van der Waals surface area contributed by atoms with Crippen LogP contribution >= 0.6 is 0 Å². The van der Waals surface area contributed by atoms with E-state index < -0.39 is 0 Å². The predicted molar refractivity (Wildman–Crippen MR) is 77.5 cm³/mol. The normalized spacial score (nSPS) is 10.6. The number of para-hydroxylation sites is 1. The molecule has 2 aromatic carbocycles. The third-order valence-electron chi connectivity index (χ3n) is 3.05. The molecule has 1 aromatic heterocycles. The number of nitrogens with one attached hydrogen (secondary N) is 1. The number of nitrogens with zero attached hydrogens (tertiary/aromatic N) is 2. The van der Waals surface area contributed by atoms with Crippen LogP contribution in [0.5, 0.6) is 0 Å². The SMILES string of the molecule is Cc1ccc(-c2nc(NN)c3ccccc3n2)cc1. The van der Waals surface area contributed by atoms with Gasteiger partial charge in [0.05, 0.1) is 5.52 Å². The summed E-state index contributed by atoms with van der Waals surface area (Å²) >= 11 is 0. The van der Waals surface area contributed by atoms with E-state index >= 15 is 0 Å². The van der Waals surface area contributed by atoms with Gasteiger partial charge in [0.25, 0.3) is 0 Å². The minimum atomic E-state index is 0.640. The van der Waals surface area contributed by atoms with Gasteiger partial charge < -0.3 is 5.43 Å². The van der Waals surface area contributed by atoms with Crippen LogP contribution in [0.4, 0.5) is 5.82 Å². The van der Waals surface area contributed by atoms with E-state index in [1.165, 1.54) is 5.56 Å². The molecule has 19 heavy (non-hydrogen) atoms. The third kappa shape index (κ3) is 2.13. The standard InChI is InChI=1S/C15H14N4/c1-10-6-8-11(9-7-10)14-17-13-5-3-2-4-12(13)15(18-14)19-16/h2-9H,16H2,1H3,(H,17,18,19). The smallest absolute Gasteiger partial charge is 0.162 e. The molecule has 1 heterocycles. The van der Waals surface area contributed by atoms with Crippen LogP contribution in [0.1, 0.15) is 5.56 Å². The fraction of sp³-hybridized carbons (Fsp3) is 0.0667. The molecule has 0 aliphatic heterocycles. The van der Waals surface area contributed by atoms with E-state index in [9.17, 15) is 0 Å². The number of hydrogen-bond acceptors (Lipinski definition) is 4. The van der Waals surface area contributed by atoms with Crippen molar-refractivity contribution in [2.24, 2.45) is 5.84 Å². The van der Waals surface area contributed by atoms with E-state index in [1.54, 1.807) is 0 Å². The lowest BCUT2D eigenvalue weighted by atomic mass is 10.1. The highest BCUT2D eigenvalue weighted by atomic mass is 15.3. The maximum Gasteiger partial charge on any atom is 0.162 e. The highest BCUT2D eigenvalue weighted by molar-refractivity contribution is 5.90. The molecule has 0 bridgehead atoms. The number of rotatable bonds is 2. The number of aromatic nitrogens is 2. The Morgan fingerprint density at radius 2 is 1.68 bits per heavy atom. The largest absolute Gasteiger partial charge is 0.308 e. The average molecular weight is 250 g/mol. The number of aryl methyl sites for hydroxylation is 1.